The van der Waals surface area contributed by atoms with Gasteiger partial charge in [0.15, 0.2) is 0 Å². The number of aromatic nitrogens is 1. The van der Waals surface area contributed by atoms with E-state index in [1.807, 2.05) is 0 Å². The monoisotopic (exact) mass is 249 g/mol. The highest BCUT2D eigenvalue weighted by Crippen LogP contribution is 2.28. The lowest BCUT2D eigenvalue weighted by atomic mass is 10.0. The average molecular weight is 250 g/mol. The van der Waals surface area contributed by atoms with Crippen LogP contribution in [0.3, 0.4) is 0 Å². The summed E-state index contributed by atoms with van der Waals surface area (Å²) in [5.41, 5.74) is 0.248. The van der Waals surface area contributed by atoms with Gasteiger partial charge in [0.25, 0.3) is 6.43 Å². The number of halogens is 3. The molecule has 0 aromatic carbocycles. The lowest BCUT2D eigenvalue weighted by Crippen LogP contribution is -2.10. The molecule has 0 atom stereocenters. The molecule has 0 aliphatic carbocycles. The Hall–Kier alpha value is -1.23. The Labute approximate surface area is 96.1 Å². The molecule has 0 aliphatic rings. The van der Waals surface area contributed by atoms with Crippen LogP contribution >= 0.6 is 11.6 Å². The SMILES string of the molecule is Cc1cc(CCl)c(C(F)F)c(CC(=O)O)n1. The Morgan fingerprint density at radius 2 is 2.25 bits per heavy atom. The average Bonchev–Trinajstić information content (AvgIpc) is 2.14. The second-order valence-corrected chi connectivity index (χ2v) is 3.56. The highest BCUT2D eigenvalue weighted by molar-refractivity contribution is 6.17. The summed E-state index contributed by atoms with van der Waals surface area (Å²) in [4.78, 5) is 14.4. The normalized spacial score (nSPS) is 10.8. The fraction of sp³-hybridized carbons (Fsp3) is 0.400. The summed E-state index contributed by atoms with van der Waals surface area (Å²) >= 11 is 5.55. The molecule has 0 radical (unpaired) electrons. The van der Waals surface area contributed by atoms with Crippen molar-refractivity contribution in [2.24, 2.45) is 0 Å². The molecule has 0 fully saturated rings. The minimum Gasteiger partial charge on any atom is -0.481 e. The zero-order valence-corrected chi connectivity index (χ0v) is 9.26. The lowest BCUT2D eigenvalue weighted by Gasteiger charge is -2.11. The van der Waals surface area contributed by atoms with Crippen molar-refractivity contribution < 1.29 is 18.7 Å². The third-order valence-electron chi connectivity index (χ3n) is 2.03. The van der Waals surface area contributed by atoms with Gasteiger partial charge in [-0.1, -0.05) is 0 Å². The van der Waals surface area contributed by atoms with E-state index in [0.717, 1.165) is 0 Å². The topological polar surface area (TPSA) is 50.2 Å². The van der Waals surface area contributed by atoms with Gasteiger partial charge in [-0.25, -0.2) is 8.78 Å². The lowest BCUT2D eigenvalue weighted by molar-refractivity contribution is -0.136. The van der Waals surface area contributed by atoms with Gasteiger partial charge in [-0.3, -0.25) is 9.78 Å². The number of carbonyl (C=O) groups is 1. The first-order chi connectivity index (χ1) is 7.45. The van der Waals surface area contributed by atoms with Crippen molar-refractivity contribution in [2.75, 3.05) is 0 Å². The molecule has 1 rings (SSSR count). The number of aryl methyl sites for hydroxylation is 1. The highest BCUT2D eigenvalue weighted by atomic mass is 35.5. The van der Waals surface area contributed by atoms with Crippen molar-refractivity contribution >= 4 is 17.6 Å². The molecule has 0 unspecified atom stereocenters. The molecular formula is C10H10ClF2NO2. The van der Waals surface area contributed by atoms with E-state index < -0.39 is 18.8 Å². The van der Waals surface area contributed by atoms with E-state index in [2.05, 4.69) is 4.98 Å². The Kier molecular flexibility index (Phi) is 4.18. The van der Waals surface area contributed by atoms with Gasteiger partial charge in [-0.2, -0.15) is 0 Å². The molecule has 16 heavy (non-hydrogen) atoms. The van der Waals surface area contributed by atoms with Crippen LogP contribution in [0.5, 0.6) is 0 Å². The predicted molar refractivity (Wildman–Crippen MR) is 54.8 cm³/mol. The largest absolute Gasteiger partial charge is 0.481 e. The van der Waals surface area contributed by atoms with E-state index >= 15 is 0 Å². The Balaban J connectivity index is 3.32. The molecule has 0 amide bonds. The number of carboxylic acid groups (broad SMARTS) is 1. The van der Waals surface area contributed by atoms with Crippen molar-refractivity contribution in [3.63, 3.8) is 0 Å². The maximum Gasteiger partial charge on any atom is 0.309 e. The van der Waals surface area contributed by atoms with E-state index in [-0.39, 0.29) is 22.7 Å². The highest BCUT2D eigenvalue weighted by Gasteiger charge is 2.20. The first-order valence-corrected chi connectivity index (χ1v) is 5.04. The molecule has 1 aromatic rings. The van der Waals surface area contributed by atoms with E-state index in [4.69, 9.17) is 16.7 Å². The molecule has 0 saturated heterocycles. The number of hydrogen-bond donors (Lipinski definition) is 1. The van der Waals surface area contributed by atoms with Crippen LogP contribution in [0, 0.1) is 6.92 Å². The fourth-order valence-corrected chi connectivity index (χ4v) is 1.70. The van der Waals surface area contributed by atoms with Crippen molar-refractivity contribution in [1.29, 1.82) is 0 Å². The van der Waals surface area contributed by atoms with Crippen molar-refractivity contribution in [3.05, 3.63) is 28.6 Å². The third kappa shape index (κ3) is 2.88. The van der Waals surface area contributed by atoms with Crippen LogP contribution in [0.2, 0.25) is 0 Å². The molecule has 1 N–H and O–H groups in total. The molecular weight excluding hydrogens is 240 g/mol. The van der Waals surface area contributed by atoms with E-state index in [1.165, 1.54) is 6.07 Å². The number of nitrogens with zero attached hydrogens (tertiary/aromatic N) is 1. The first-order valence-electron chi connectivity index (χ1n) is 4.51. The quantitative estimate of drug-likeness (QED) is 0.835. The number of hydrogen-bond acceptors (Lipinski definition) is 2. The van der Waals surface area contributed by atoms with Gasteiger partial charge in [0.05, 0.1) is 12.1 Å². The molecule has 0 aliphatic heterocycles. The molecule has 1 heterocycles. The molecule has 3 nitrogen and oxygen atoms in total. The summed E-state index contributed by atoms with van der Waals surface area (Å²) in [7, 11) is 0. The third-order valence-corrected chi connectivity index (χ3v) is 2.32. The number of pyridine rings is 1. The van der Waals surface area contributed by atoms with Gasteiger partial charge in [0, 0.05) is 17.1 Å². The summed E-state index contributed by atoms with van der Waals surface area (Å²) in [6.45, 7) is 1.61. The second-order valence-electron chi connectivity index (χ2n) is 3.29. The minimum absolute atomic E-state index is 0.0876. The van der Waals surface area contributed by atoms with Crippen LogP contribution in [0.25, 0.3) is 0 Å². The number of alkyl halides is 3. The number of aliphatic carboxylic acids is 1. The summed E-state index contributed by atoms with van der Waals surface area (Å²) in [5.74, 6) is -1.28. The maximum absolute atomic E-state index is 12.8. The summed E-state index contributed by atoms with van der Waals surface area (Å²) in [6, 6.07) is 1.44. The fourth-order valence-electron chi connectivity index (χ4n) is 1.48. The first kappa shape index (κ1) is 12.8. The van der Waals surface area contributed by atoms with Crippen LogP contribution in [-0.4, -0.2) is 16.1 Å². The van der Waals surface area contributed by atoms with Crippen LogP contribution in [0.4, 0.5) is 8.78 Å². The predicted octanol–water partition coefficient (Wildman–Crippen LogP) is 2.69. The molecule has 0 bridgehead atoms. The summed E-state index contributed by atoms with van der Waals surface area (Å²) in [5, 5.41) is 8.61. The van der Waals surface area contributed by atoms with Crippen LogP contribution in [-0.2, 0) is 17.1 Å². The van der Waals surface area contributed by atoms with E-state index in [1.54, 1.807) is 6.92 Å². The number of carboxylic acids is 1. The van der Waals surface area contributed by atoms with E-state index in [9.17, 15) is 13.6 Å². The van der Waals surface area contributed by atoms with Gasteiger partial charge in [-0.05, 0) is 18.6 Å². The Morgan fingerprint density at radius 3 is 2.69 bits per heavy atom. The van der Waals surface area contributed by atoms with Crippen LogP contribution in [0.15, 0.2) is 6.07 Å². The Bertz CT molecular complexity index is 410. The molecule has 0 spiro atoms. The van der Waals surface area contributed by atoms with Crippen molar-refractivity contribution in [2.45, 2.75) is 25.7 Å². The van der Waals surface area contributed by atoms with Gasteiger partial charge in [-0.15, -0.1) is 11.6 Å². The van der Waals surface area contributed by atoms with Crippen molar-refractivity contribution in [1.82, 2.24) is 4.98 Å². The maximum atomic E-state index is 12.8. The van der Waals surface area contributed by atoms with Gasteiger partial charge in [0.1, 0.15) is 0 Å². The number of rotatable bonds is 4. The zero-order valence-electron chi connectivity index (χ0n) is 8.51. The summed E-state index contributed by atoms with van der Waals surface area (Å²) < 4.78 is 25.5. The summed E-state index contributed by atoms with van der Waals surface area (Å²) in [6.07, 6.45) is -3.29. The van der Waals surface area contributed by atoms with Gasteiger partial charge in [0.2, 0.25) is 0 Å². The minimum atomic E-state index is -2.77. The molecule has 1 aromatic heterocycles. The van der Waals surface area contributed by atoms with Crippen LogP contribution in [0.1, 0.15) is 28.9 Å². The second kappa shape index (κ2) is 5.21. The Morgan fingerprint density at radius 1 is 1.62 bits per heavy atom. The smallest absolute Gasteiger partial charge is 0.309 e. The molecule has 6 heteroatoms. The van der Waals surface area contributed by atoms with E-state index in [0.29, 0.717) is 5.69 Å². The molecule has 0 saturated carbocycles. The van der Waals surface area contributed by atoms with Gasteiger partial charge >= 0.3 is 5.97 Å². The van der Waals surface area contributed by atoms with Crippen molar-refractivity contribution in [3.8, 4) is 0 Å². The van der Waals surface area contributed by atoms with Crippen LogP contribution < -0.4 is 0 Å². The standard InChI is InChI=1S/C10H10ClF2NO2/c1-5-2-6(4-11)9(10(12)13)7(14-5)3-8(15)16/h2,10H,3-4H2,1H3,(H,15,16). The van der Waals surface area contributed by atoms with Gasteiger partial charge < -0.3 is 5.11 Å². The zero-order chi connectivity index (χ0) is 12.3. The molecule has 88 valence electrons.